The van der Waals surface area contributed by atoms with Gasteiger partial charge in [0.1, 0.15) is 6.33 Å². The number of fused-ring (bicyclic) bond motifs is 2. The molecule has 3 heterocycles. The molecule has 0 saturated heterocycles. The van der Waals surface area contributed by atoms with E-state index in [0.717, 1.165) is 16.6 Å². The topological polar surface area (TPSA) is 102 Å². The average Bonchev–Trinajstić information content (AvgIpc) is 3.28. The summed E-state index contributed by atoms with van der Waals surface area (Å²) >= 11 is 0. The lowest BCUT2D eigenvalue weighted by Crippen LogP contribution is -2.18. The summed E-state index contributed by atoms with van der Waals surface area (Å²) in [5, 5.41) is 4.89. The number of aromatic nitrogens is 5. The van der Waals surface area contributed by atoms with Crippen molar-refractivity contribution in [2.75, 3.05) is 6.61 Å². The van der Waals surface area contributed by atoms with Gasteiger partial charge in [-0.15, -0.1) is 0 Å². The van der Waals surface area contributed by atoms with E-state index < -0.39 is 5.97 Å². The lowest BCUT2D eigenvalue weighted by molar-refractivity contribution is 0.0472. The van der Waals surface area contributed by atoms with Crippen molar-refractivity contribution in [3.8, 4) is 0 Å². The minimum atomic E-state index is -0.609. The highest BCUT2D eigenvalue weighted by atomic mass is 16.5. The van der Waals surface area contributed by atoms with Crippen molar-refractivity contribution in [3.63, 3.8) is 0 Å². The number of hydrogen-bond acceptors (Lipinski definition) is 6. The third kappa shape index (κ3) is 2.84. The predicted molar refractivity (Wildman–Crippen MR) is 97.8 cm³/mol. The summed E-state index contributed by atoms with van der Waals surface area (Å²) < 4.78 is 6.78. The first-order valence-corrected chi connectivity index (χ1v) is 8.55. The smallest absolute Gasteiger partial charge is 0.342 e. The Morgan fingerprint density at radius 1 is 1.22 bits per heavy atom. The van der Waals surface area contributed by atoms with Crippen molar-refractivity contribution in [1.29, 1.82) is 0 Å². The zero-order valence-corrected chi connectivity index (χ0v) is 14.9. The molecular weight excluding hydrogens is 346 g/mol. The molecule has 1 N–H and O–H groups in total. The second kappa shape index (κ2) is 6.64. The fraction of sp³-hybridized carbons (Fsp3) is 0.211. The van der Waals surface area contributed by atoms with Gasteiger partial charge in [-0.25, -0.2) is 14.3 Å². The largest absolute Gasteiger partial charge is 0.454 e. The first kappa shape index (κ1) is 16.9. The predicted octanol–water partition coefficient (Wildman–Crippen LogP) is 2.52. The Bertz CT molecular complexity index is 1170. The molecule has 0 spiro atoms. The van der Waals surface area contributed by atoms with Crippen molar-refractivity contribution < 1.29 is 14.3 Å². The van der Waals surface area contributed by atoms with Gasteiger partial charge in [0.15, 0.2) is 6.61 Å². The van der Waals surface area contributed by atoms with Gasteiger partial charge in [-0.3, -0.25) is 4.79 Å². The number of Topliss-reactive ketones (excluding diaryl/α,β-unsaturated/α-hetero) is 1. The normalized spacial score (nSPS) is 11.2. The Labute approximate surface area is 154 Å². The van der Waals surface area contributed by atoms with Crippen LogP contribution in [0, 0.1) is 6.92 Å². The average molecular weight is 363 g/mol. The van der Waals surface area contributed by atoms with Gasteiger partial charge in [0, 0.05) is 28.4 Å². The minimum absolute atomic E-state index is 0.258. The van der Waals surface area contributed by atoms with Gasteiger partial charge in [0.25, 0.3) is 5.78 Å². The van der Waals surface area contributed by atoms with Crippen LogP contribution in [0.25, 0.3) is 16.7 Å². The molecule has 3 aromatic heterocycles. The summed E-state index contributed by atoms with van der Waals surface area (Å²) in [6.07, 6.45) is 3.33. The van der Waals surface area contributed by atoms with Crippen LogP contribution < -0.4 is 0 Å². The van der Waals surface area contributed by atoms with Gasteiger partial charge in [-0.1, -0.05) is 25.1 Å². The number of rotatable bonds is 5. The molecule has 27 heavy (non-hydrogen) atoms. The lowest BCUT2D eigenvalue weighted by Gasteiger charge is -2.09. The van der Waals surface area contributed by atoms with Gasteiger partial charge in [0.2, 0.25) is 5.78 Å². The Balaban J connectivity index is 1.57. The first-order chi connectivity index (χ1) is 13.1. The molecule has 0 aliphatic heterocycles. The SMILES string of the molecule is CCc1c(C(=O)OCC(=O)c2c(C)[nH]c3ccccc23)cnc2ncnn12. The number of ether oxygens (including phenoxy) is 1. The maximum atomic E-state index is 12.7. The number of benzene rings is 1. The maximum absolute atomic E-state index is 12.7. The molecule has 0 aliphatic carbocycles. The molecule has 8 nitrogen and oxygen atoms in total. The Hall–Kier alpha value is -3.55. The van der Waals surface area contributed by atoms with E-state index in [1.807, 2.05) is 38.1 Å². The number of H-pyrrole nitrogens is 1. The molecule has 0 atom stereocenters. The summed E-state index contributed by atoms with van der Waals surface area (Å²) in [4.78, 5) is 36.5. The van der Waals surface area contributed by atoms with Crippen molar-refractivity contribution in [2.45, 2.75) is 20.3 Å². The van der Waals surface area contributed by atoms with Crippen LogP contribution in [0.5, 0.6) is 0 Å². The molecule has 0 unspecified atom stereocenters. The standard InChI is InChI=1S/C19H17N5O3/c1-3-15-13(8-20-19-21-10-22-24(15)19)18(26)27-9-16(25)17-11(2)23-14-7-5-4-6-12(14)17/h4-8,10,23H,3,9H2,1-2H3. The Morgan fingerprint density at radius 2 is 2.04 bits per heavy atom. The Kier molecular flexibility index (Phi) is 4.15. The maximum Gasteiger partial charge on any atom is 0.342 e. The highest BCUT2D eigenvalue weighted by molar-refractivity contribution is 6.10. The zero-order valence-electron chi connectivity index (χ0n) is 14.9. The van der Waals surface area contributed by atoms with E-state index in [2.05, 4.69) is 20.1 Å². The quantitative estimate of drug-likeness (QED) is 0.432. The van der Waals surface area contributed by atoms with E-state index in [1.54, 1.807) is 0 Å². The molecule has 4 aromatic rings. The lowest BCUT2D eigenvalue weighted by atomic mass is 10.1. The number of aromatic amines is 1. The van der Waals surface area contributed by atoms with Crippen LogP contribution in [0.1, 0.15) is 39.0 Å². The number of carbonyl (C=O) groups excluding carboxylic acids is 2. The third-order valence-electron chi connectivity index (χ3n) is 4.47. The molecule has 8 heteroatoms. The Morgan fingerprint density at radius 3 is 2.85 bits per heavy atom. The summed E-state index contributed by atoms with van der Waals surface area (Å²) in [6.45, 7) is 3.38. The molecule has 4 rings (SSSR count). The number of ketones is 1. The van der Waals surface area contributed by atoms with E-state index in [9.17, 15) is 9.59 Å². The molecule has 0 saturated carbocycles. The second-order valence-electron chi connectivity index (χ2n) is 6.11. The number of para-hydroxylation sites is 1. The third-order valence-corrected chi connectivity index (χ3v) is 4.47. The zero-order chi connectivity index (χ0) is 19.0. The highest BCUT2D eigenvalue weighted by Crippen LogP contribution is 2.22. The molecule has 0 amide bonds. The fourth-order valence-electron chi connectivity index (χ4n) is 3.25. The van der Waals surface area contributed by atoms with E-state index >= 15 is 0 Å². The number of nitrogens with one attached hydrogen (secondary N) is 1. The molecule has 0 radical (unpaired) electrons. The monoisotopic (exact) mass is 363 g/mol. The summed E-state index contributed by atoms with van der Waals surface area (Å²) in [6, 6.07) is 7.53. The van der Waals surface area contributed by atoms with Crippen LogP contribution in [0.3, 0.4) is 0 Å². The molecule has 0 bridgehead atoms. The summed E-state index contributed by atoms with van der Waals surface area (Å²) in [5.74, 6) is -0.456. The van der Waals surface area contributed by atoms with Gasteiger partial charge in [0.05, 0.1) is 11.3 Å². The number of aryl methyl sites for hydroxylation is 2. The van der Waals surface area contributed by atoms with Crippen LogP contribution in [0.2, 0.25) is 0 Å². The van der Waals surface area contributed by atoms with Crippen molar-refractivity contribution in [2.24, 2.45) is 0 Å². The van der Waals surface area contributed by atoms with E-state index in [1.165, 1.54) is 17.0 Å². The highest BCUT2D eigenvalue weighted by Gasteiger charge is 2.21. The first-order valence-electron chi connectivity index (χ1n) is 8.55. The van der Waals surface area contributed by atoms with Crippen molar-refractivity contribution in [3.05, 3.63) is 59.3 Å². The van der Waals surface area contributed by atoms with Crippen molar-refractivity contribution in [1.82, 2.24) is 24.6 Å². The molecule has 0 fully saturated rings. The number of hydrogen-bond donors (Lipinski definition) is 1. The van der Waals surface area contributed by atoms with Gasteiger partial charge < -0.3 is 9.72 Å². The molecule has 0 aliphatic rings. The molecular formula is C19H17N5O3. The number of carbonyl (C=O) groups is 2. The second-order valence-corrected chi connectivity index (χ2v) is 6.11. The molecule has 136 valence electrons. The van der Waals surface area contributed by atoms with Gasteiger partial charge >= 0.3 is 5.97 Å². The number of esters is 1. The van der Waals surface area contributed by atoms with Gasteiger partial charge in [-0.2, -0.15) is 10.1 Å². The fourth-order valence-corrected chi connectivity index (χ4v) is 3.25. The summed E-state index contributed by atoms with van der Waals surface area (Å²) in [5.41, 5.74) is 3.08. The van der Waals surface area contributed by atoms with E-state index in [-0.39, 0.29) is 18.0 Å². The van der Waals surface area contributed by atoms with E-state index in [0.29, 0.717) is 23.5 Å². The van der Waals surface area contributed by atoms with Crippen LogP contribution >= 0.6 is 0 Å². The minimum Gasteiger partial charge on any atom is -0.454 e. The van der Waals surface area contributed by atoms with Crippen LogP contribution in [0.4, 0.5) is 0 Å². The van der Waals surface area contributed by atoms with E-state index in [4.69, 9.17) is 4.74 Å². The van der Waals surface area contributed by atoms with Gasteiger partial charge in [-0.05, 0) is 19.4 Å². The van der Waals surface area contributed by atoms with Crippen LogP contribution in [-0.2, 0) is 11.2 Å². The molecule has 1 aromatic carbocycles. The number of nitrogens with zero attached hydrogens (tertiary/aromatic N) is 4. The van der Waals surface area contributed by atoms with Crippen LogP contribution in [-0.4, -0.2) is 42.9 Å². The summed E-state index contributed by atoms with van der Waals surface area (Å²) in [7, 11) is 0. The van der Waals surface area contributed by atoms with Crippen molar-refractivity contribution >= 4 is 28.4 Å². The van der Waals surface area contributed by atoms with Crippen LogP contribution in [0.15, 0.2) is 36.8 Å².